The maximum absolute atomic E-state index is 9.24. The molecule has 0 saturated carbocycles. The molecule has 0 aliphatic carbocycles. The van der Waals surface area contributed by atoms with Gasteiger partial charge in [0.15, 0.2) is 0 Å². The van der Waals surface area contributed by atoms with Crippen LogP contribution >= 0.6 is 0 Å². The first-order valence-electron chi connectivity index (χ1n) is 4.69. The first-order chi connectivity index (χ1) is 7.18. The van der Waals surface area contributed by atoms with Gasteiger partial charge < -0.3 is 14.5 Å². The van der Waals surface area contributed by atoms with E-state index >= 15 is 0 Å². The second-order valence-corrected chi connectivity index (χ2v) is 3.44. The van der Waals surface area contributed by atoms with Crippen LogP contribution in [0.4, 0.5) is 0 Å². The molecule has 0 amide bonds. The van der Waals surface area contributed by atoms with Crippen molar-refractivity contribution >= 4 is 12.6 Å². The molecule has 0 aliphatic rings. The van der Waals surface area contributed by atoms with Gasteiger partial charge in [0, 0.05) is 5.56 Å². The standard InChI is InChI=1S/C11H11BO3/c1-8-4-5-9(10(7-8)12(13)14)11-3-2-6-15-11/h2-7,13-14H,1H3. The molecular formula is C11H11BO3. The molecule has 3 nitrogen and oxygen atoms in total. The van der Waals surface area contributed by atoms with Crippen molar-refractivity contribution in [3.05, 3.63) is 42.2 Å². The van der Waals surface area contributed by atoms with Gasteiger partial charge in [-0.3, -0.25) is 0 Å². The summed E-state index contributed by atoms with van der Waals surface area (Å²) in [4.78, 5) is 0. The lowest BCUT2D eigenvalue weighted by Gasteiger charge is -2.07. The van der Waals surface area contributed by atoms with Crippen LogP contribution in [0.5, 0.6) is 0 Å². The minimum Gasteiger partial charge on any atom is -0.464 e. The Morgan fingerprint density at radius 1 is 1.20 bits per heavy atom. The van der Waals surface area contributed by atoms with Crippen LogP contribution in [0, 0.1) is 6.92 Å². The van der Waals surface area contributed by atoms with Gasteiger partial charge in [-0.1, -0.05) is 23.8 Å². The van der Waals surface area contributed by atoms with Crippen molar-refractivity contribution < 1.29 is 14.5 Å². The summed E-state index contributed by atoms with van der Waals surface area (Å²) in [6.07, 6.45) is 1.56. The third kappa shape index (κ3) is 1.96. The van der Waals surface area contributed by atoms with Crippen molar-refractivity contribution in [2.45, 2.75) is 6.92 Å². The Kier molecular flexibility index (Phi) is 2.62. The fourth-order valence-corrected chi connectivity index (χ4v) is 1.55. The first kappa shape index (κ1) is 10.0. The van der Waals surface area contributed by atoms with Crippen molar-refractivity contribution in [1.82, 2.24) is 0 Å². The molecule has 0 aliphatic heterocycles. The number of benzene rings is 1. The van der Waals surface area contributed by atoms with Crippen LogP contribution in [0.2, 0.25) is 0 Å². The van der Waals surface area contributed by atoms with E-state index in [1.165, 1.54) is 0 Å². The highest BCUT2D eigenvalue weighted by Crippen LogP contribution is 2.18. The number of hydrogen-bond donors (Lipinski definition) is 2. The van der Waals surface area contributed by atoms with Gasteiger partial charge in [-0.15, -0.1) is 0 Å². The largest absolute Gasteiger partial charge is 0.489 e. The Morgan fingerprint density at radius 2 is 2.00 bits per heavy atom. The third-order valence-electron chi connectivity index (χ3n) is 2.27. The molecule has 2 aromatic rings. The van der Waals surface area contributed by atoms with E-state index in [4.69, 9.17) is 4.42 Å². The Morgan fingerprint density at radius 3 is 2.60 bits per heavy atom. The summed E-state index contributed by atoms with van der Waals surface area (Å²) in [5, 5.41) is 18.5. The number of rotatable bonds is 2. The molecule has 0 bridgehead atoms. The normalized spacial score (nSPS) is 10.3. The molecule has 1 aromatic heterocycles. The van der Waals surface area contributed by atoms with Crippen molar-refractivity contribution in [2.75, 3.05) is 0 Å². The van der Waals surface area contributed by atoms with Gasteiger partial charge in [0.2, 0.25) is 0 Å². The lowest BCUT2D eigenvalue weighted by molar-refractivity contribution is 0.425. The van der Waals surface area contributed by atoms with E-state index in [2.05, 4.69) is 0 Å². The molecule has 1 aromatic carbocycles. The van der Waals surface area contributed by atoms with Crippen LogP contribution in [0.3, 0.4) is 0 Å². The molecule has 1 heterocycles. The summed E-state index contributed by atoms with van der Waals surface area (Å²) in [5.74, 6) is 0.637. The van der Waals surface area contributed by atoms with Crippen LogP contribution in [-0.4, -0.2) is 17.2 Å². The van der Waals surface area contributed by atoms with E-state index in [-0.39, 0.29) is 0 Å². The Hall–Kier alpha value is -1.52. The number of aryl methyl sites for hydroxylation is 1. The molecular weight excluding hydrogens is 191 g/mol. The SMILES string of the molecule is Cc1ccc(-c2ccco2)c(B(O)O)c1. The summed E-state index contributed by atoms with van der Waals surface area (Å²) in [6.45, 7) is 1.90. The zero-order chi connectivity index (χ0) is 10.8. The molecule has 0 radical (unpaired) electrons. The summed E-state index contributed by atoms with van der Waals surface area (Å²) in [6, 6.07) is 9.02. The van der Waals surface area contributed by atoms with Crippen LogP contribution in [-0.2, 0) is 0 Å². The maximum atomic E-state index is 9.24. The molecule has 0 fully saturated rings. The summed E-state index contributed by atoms with van der Waals surface area (Å²) in [7, 11) is -1.48. The van der Waals surface area contributed by atoms with Gasteiger partial charge in [0.1, 0.15) is 5.76 Å². The average molecular weight is 202 g/mol. The Balaban J connectivity index is 2.56. The maximum Gasteiger partial charge on any atom is 0.489 e. The number of hydrogen-bond acceptors (Lipinski definition) is 3. The molecule has 0 unspecified atom stereocenters. The molecule has 76 valence electrons. The fourth-order valence-electron chi connectivity index (χ4n) is 1.55. The second-order valence-electron chi connectivity index (χ2n) is 3.44. The van der Waals surface area contributed by atoms with Crippen molar-refractivity contribution in [3.63, 3.8) is 0 Å². The molecule has 15 heavy (non-hydrogen) atoms. The van der Waals surface area contributed by atoms with E-state index < -0.39 is 7.12 Å². The van der Waals surface area contributed by atoms with E-state index in [9.17, 15) is 10.0 Å². The highest BCUT2D eigenvalue weighted by atomic mass is 16.4. The van der Waals surface area contributed by atoms with E-state index in [0.717, 1.165) is 5.56 Å². The van der Waals surface area contributed by atoms with Gasteiger partial charge in [-0.25, -0.2) is 0 Å². The van der Waals surface area contributed by atoms with Gasteiger partial charge in [-0.2, -0.15) is 0 Å². The lowest BCUT2D eigenvalue weighted by atomic mass is 9.76. The summed E-state index contributed by atoms with van der Waals surface area (Å²) >= 11 is 0. The zero-order valence-electron chi connectivity index (χ0n) is 8.34. The molecule has 2 N–H and O–H groups in total. The smallest absolute Gasteiger partial charge is 0.464 e. The lowest BCUT2D eigenvalue weighted by Crippen LogP contribution is -2.31. The van der Waals surface area contributed by atoms with Crippen molar-refractivity contribution in [2.24, 2.45) is 0 Å². The molecule has 2 rings (SSSR count). The average Bonchev–Trinajstić information content (AvgIpc) is 2.70. The summed E-state index contributed by atoms with van der Waals surface area (Å²) in [5.41, 5.74) is 2.15. The predicted octanol–water partition coefficient (Wildman–Crippen LogP) is 0.935. The van der Waals surface area contributed by atoms with Crippen LogP contribution in [0.1, 0.15) is 5.56 Å². The highest BCUT2D eigenvalue weighted by Gasteiger charge is 2.18. The van der Waals surface area contributed by atoms with Gasteiger partial charge in [0.25, 0.3) is 0 Å². The van der Waals surface area contributed by atoms with Crippen LogP contribution < -0.4 is 5.46 Å². The number of furan rings is 1. The fraction of sp³-hybridized carbons (Fsp3) is 0.0909. The Labute approximate surface area is 88.1 Å². The topological polar surface area (TPSA) is 53.6 Å². The van der Waals surface area contributed by atoms with E-state index in [1.54, 1.807) is 24.5 Å². The third-order valence-corrected chi connectivity index (χ3v) is 2.27. The molecule has 0 saturated heterocycles. The predicted molar refractivity (Wildman–Crippen MR) is 58.7 cm³/mol. The highest BCUT2D eigenvalue weighted by molar-refractivity contribution is 6.60. The van der Waals surface area contributed by atoms with Crippen LogP contribution in [0.25, 0.3) is 11.3 Å². The monoisotopic (exact) mass is 202 g/mol. The van der Waals surface area contributed by atoms with Crippen molar-refractivity contribution in [1.29, 1.82) is 0 Å². The molecule has 4 heteroatoms. The minimum absolute atomic E-state index is 0.463. The quantitative estimate of drug-likeness (QED) is 0.712. The zero-order valence-corrected chi connectivity index (χ0v) is 8.34. The van der Waals surface area contributed by atoms with Gasteiger partial charge in [0.05, 0.1) is 6.26 Å². The molecule has 0 atom stereocenters. The molecule has 0 spiro atoms. The second kappa shape index (κ2) is 3.92. The van der Waals surface area contributed by atoms with Gasteiger partial charge >= 0.3 is 7.12 Å². The first-order valence-corrected chi connectivity index (χ1v) is 4.69. The van der Waals surface area contributed by atoms with Crippen molar-refractivity contribution in [3.8, 4) is 11.3 Å². The summed E-state index contributed by atoms with van der Waals surface area (Å²) < 4.78 is 5.23. The van der Waals surface area contributed by atoms with E-state index in [0.29, 0.717) is 16.8 Å². The van der Waals surface area contributed by atoms with Crippen LogP contribution in [0.15, 0.2) is 41.0 Å². The van der Waals surface area contributed by atoms with Gasteiger partial charge in [-0.05, 0) is 24.5 Å². The minimum atomic E-state index is -1.48. The van der Waals surface area contributed by atoms with E-state index in [1.807, 2.05) is 19.1 Å². The Bertz CT molecular complexity index is 449.